The van der Waals surface area contributed by atoms with Crippen LogP contribution in [0.25, 0.3) is 0 Å². The van der Waals surface area contributed by atoms with Gasteiger partial charge in [0, 0.05) is 26.2 Å². The van der Waals surface area contributed by atoms with Gasteiger partial charge in [0.15, 0.2) is 6.61 Å². The van der Waals surface area contributed by atoms with E-state index in [-0.39, 0.29) is 25.0 Å². The van der Waals surface area contributed by atoms with E-state index in [4.69, 9.17) is 4.74 Å². The first-order chi connectivity index (χ1) is 13.2. The van der Waals surface area contributed by atoms with Gasteiger partial charge in [-0.2, -0.15) is 0 Å². The minimum Gasteiger partial charge on any atom is -0.484 e. The van der Waals surface area contributed by atoms with Gasteiger partial charge in [-0.15, -0.1) is 0 Å². The normalized spacial score (nSPS) is 13.5. The van der Waals surface area contributed by atoms with E-state index in [1.54, 1.807) is 12.1 Å². The molecule has 0 radical (unpaired) electrons. The highest BCUT2D eigenvalue weighted by molar-refractivity contribution is 5.85. The summed E-state index contributed by atoms with van der Waals surface area (Å²) in [6.07, 6.45) is 1.04. The fourth-order valence-electron chi connectivity index (χ4n) is 3.06. The quantitative estimate of drug-likeness (QED) is 0.739. The molecule has 2 amide bonds. The summed E-state index contributed by atoms with van der Waals surface area (Å²) in [7, 11) is 0. The van der Waals surface area contributed by atoms with Crippen molar-refractivity contribution in [2.45, 2.75) is 13.0 Å². The number of rotatable bonds is 8. The predicted octanol–water partition coefficient (Wildman–Crippen LogP) is 1.36. The molecule has 0 saturated heterocycles. The molecule has 2 N–H and O–H groups in total. The molecule has 0 aliphatic carbocycles. The number of amides is 2. The van der Waals surface area contributed by atoms with Crippen LogP contribution >= 0.6 is 0 Å². The lowest BCUT2D eigenvalue weighted by atomic mass is 10.00. The SMILES string of the molecule is O=C(CNC(=O)COc1ccccc1)NCCN1CCc2ccccc2C1. The largest absolute Gasteiger partial charge is 0.484 e. The van der Waals surface area contributed by atoms with Crippen LogP contribution in [0.1, 0.15) is 11.1 Å². The van der Waals surface area contributed by atoms with E-state index in [2.05, 4.69) is 39.8 Å². The summed E-state index contributed by atoms with van der Waals surface area (Å²) in [5.74, 6) is 0.113. The van der Waals surface area contributed by atoms with Crippen molar-refractivity contribution in [1.29, 1.82) is 0 Å². The number of fused-ring (bicyclic) bond motifs is 1. The van der Waals surface area contributed by atoms with Gasteiger partial charge >= 0.3 is 0 Å². The molecule has 0 bridgehead atoms. The molecule has 0 spiro atoms. The minimum atomic E-state index is -0.318. The van der Waals surface area contributed by atoms with Crippen molar-refractivity contribution in [2.24, 2.45) is 0 Å². The molecule has 2 aromatic carbocycles. The van der Waals surface area contributed by atoms with Gasteiger partial charge in [0.25, 0.3) is 5.91 Å². The monoisotopic (exact) mass is 367 g/mol. The van der Waals surface area contributed by atoms with E-state index in [1.807, 2.05) is 18.2 Å². The summed E-state index contributed by atoms with van der Waals surface area (Å²) in [6.45, 7) is 3.13. The lowest BCUT2D eigenvalue weighted by Gasteiger charge is -2.28. The fraction of sp³-hybridized carbons (Fsp3) is 0.333. The average Bonchev–Trinajstić information content (AvgIpc) is 2.71. The molecule has 0 atom stereocenters. The zero-order chi connectivity index (χ0) is 18.9. The lowest BCUT2D eigenvalue weighted by molar-refractivity contribution is -0.127. The number of nitrogens with one attached hydrogen (secondary N) is 2. The number of hydrogen-bond acceptors (Lipinski definition) is 4. The van der Waals surface area contributed by atoms with Crippen molar-refractivity contribution >= 4 is 11.8 Å². The Hall–Kier alpha value is -2.86. The number of benzene rings is 2. The lowest BCUT2D eigenvalue weighted by Crippen LogP contribution is -2.42. The van der Waals surface area contributed by atoms with Crippen LogP contribution in [0.15, 0.2) is 54.6 Å². The molecular weight excluding hydrogens is 342 g/mol. The Kier molecular flexibility index (Phi) is 6.82. The van der Waals surface area contributed by atoms with Crippen LogP contribution in [0, 0.1) is 0 Å². The van der Waals surface area contributed by atoms with E-state index < -0.39 is 0 Å². The number of nitrogens with zero attached hydrogens (tertiary/aromatic N) is 1. The molecule has 0 unspecified atom stereocenters. The molecule has 2 aromatic rings. The zero-order valence-electron chi connectivity index (χ0n) is 15.3. The van der Waals surface area contributed by atoms with Crippen molar-refractivity contribution < 1.29 is 14.3 Å². The molecule has 0 fully saturated rings. The first-order valence-electron chi connectivity index (χ1n) is 9.21. The second-order valence-electron chi connectivity index (χ2n) is 6.52. The summed E-state index contributed by atoms with van der Waals surface area (Å²) >= 11 is 0. The molecule has 6 heteroatoms. The van der Waals surface area contributed by atoms with E-state index >= 15 is 0 Å². The summed E-state index contributed by atoms with van der Waals surface area (Å²) in [6, 6.07) is 17.6. The molecule has 1 aliphatic rings. The van der Waals surface area contributed by atoms with Crippen molar-refractivity contribution in [2.75, 3.05) is 32.8 Å². The van der Waals surface area contributed by atoms with Gasteiger partial charge in [-0.05, 0) is 29.7 Å². The van der Waals surface area contributed by atoms with Crippen LogP contribution in [0.5, 0.6) is 5.75 Å². The number of carbonyl (C=O) groups excluding carboxylic acids is 2. The molecule has 27 heavy (non-hydrogen) atoms. The minimum absolute atomic E-state index is 0.0418. The Balaban J connectivity index is 1.28. The van der Waals surface area contributed by atoms with Crippen molar-refractivity contribution in [3.8, 4) is 5.75 Å². The first-order valence-corrected chi connectivity index (χ1v) is 9.21. The maximum Gasteiger partial charge on any atom is 0.258 e. The van der Waals surface area contributed by atoms with E-state index in [0.29, 0.717) is 12.3 Å². The van der Waals surface area contributed by atoms with Gasteiger partial charge in [-0.1, -0.05) is 42.5 Å². The van der Waals surface area contributed by atoms with Crippen molar-refractivity contribution in [3.05, 3.63) is 65.7 Å². The Labute approximate surface area is 159 Å². The molecule has 1 aliphatic heterocycles. The second-order valence-corrected chi connectivity index (χ2v) is 6.52. The smallest absolute Gasteiger partial charge is 0.258 e. The second kappa shape index (κ2) is 9.73. The van der Waals surface area contributed by atoms with Gasteiger partial charge in [0.2, 0.25) is 5.91 Å². The van der Waals surface area contributed by atoms with Crippen LogP contribution in [0.2, 0.25) is 0 Å². The highest BCUT2D eigenvalue weighted by Crippen LogP contribution is 2.17. The average molecular weight is 367 g/mol. The van der Waals surface area contributed by atoms with Crippen molar-refractivity contribution in [3.63, 3.8) is 0 Å². The van der Waals surface area contributed by atoms with Crippen molar-refractivity contribution in [1.82, 2.24) is 15.5 Å². The third kappa shape index (κ3) is 6.11. The van der Waals surface area contributed by atoms with Crippen LogP contribution < -0.4 is 15.4 Å². The van der Waals surface area contributed by atoms with Gasteiger partial charge in [0.1, 0.15) is 5.75 Å². The van der Waals surface area contributed by atoms with Crippen LogP contribution in [-0.4, -0.2) is 49.5 Å². The van der Waals surface area contributed by atoms with Gasteiger partial charge < -0.3 is 15.4 Å². The van der Waals surface area contributed by atoms with E-state index in [0.717, 1.165) is 26.1 Å². The van der Waals surface area contributed by atoms with Crippen LogP contribution in [0.4, 0.5) is 0 Å². The van der Waals surface area contributed by atoms with E-state index in [9.17, 15) is 9.59 Å². The molecule has 0 aromatic heterocycles. The summed E-state index contributed by atoms with van der Waals surface area (Å²) in [4.78, 5) is 25.9. The Morgan fingerprint density at radius 1 is 0.926 bits per heavy atom. The van der Waals surface area contributed by atoms with Gasteiger partial charge in [-0.25, -0.2) is 0 Å². The topological polar surface area (TPSA) is 70.7 Å². The summed E-state index contributed by atoms with van der Waals surface area (Å²) in [5.41, 5.74) is 2.78. The molecule has 142 valence electrons. The maximum absolute atomic E-state index is 11.9. The number of hydrogen-bond donors (Lipinski definition) is 2. The Morgan fingerprint density at radius 2 is 1.67 bits per heavy atom. The summed E-state index contributed by atoms with van der Waals surface area (Å²) < 4.78 is 5.34. The van der Waals surface area contributed by atoms with Crippen LogP contribution in [-0.2, 0) is 22.6 Å². The first kappa shape index (κ1) is 18.9. The predicted molar refractivity (Wildman–Crippen MR) is 103 cm³/mol. The zero-order valence-corrected chi connectivity index (χ0v) is 15.3. The highest BCUT2D eigenvalue weighted by atomic mass is 16.5. The van der Waals surface area contributed by atoms with Gasteiger partial charge in [-0.3, -0.25) is 14.5 Å². The number of ether oxygens (including phenoxy) is 1. The third-order valence-electron chi connectivity index (χ3n) is 4.52. The summed E-state index contributed by atoms with van der Waals surface area (Å²) in [5, 5.41) is 5.41. The van der Waals surface area contributed by atoms with Crippen LogP contribution in [0.3, 0.4) is 0 Å². The maximum atomic E-state index is 11.9. The Bertz CT molecular complexity index is 764. The van der Waals surface area contributed by atoms with E-state index in [1.165, 1.54) is 11.1 Å². The fourth-order valence-corrected chi connectivity index (χ4v) is 3.06. The highest BCUT2D eigenvalue weighted by Gasteiger charge is 2.15. The molecule has 3 rings (SSSR count). The third-order valence-corrected chi connectivity index (χ3v) is 4.52. The number of para-hydroxylation sites is 1. The Morgan fingerprint density at radius 3 is 2.48 bits per heavy atom. The van der Waals surface area contributed by atoms with Gasteiger partial charge in [0.05, 0.1) is 6.54 Å². The molecule has 1 heterocycles. The standard InChI is InChI=1S/C21H25N3O3/c25-20(14-23-21(26)16-27-19-8-2-1-3-9-19)22-11-13-24-12-10-17-6-4-5-7-18(17)15-24/h1-9H,10-16H2,(H,22,25)(H,23,26). The number of carbonyl (C=O) groups is 2. The molecule has 6 nitrogen and oxygen atoms in total. The molecular formula is C21H25N3O3. The molecule has 0 saturated carbocycles.